The minimum Gasteiger partial charge on any atom is -0.386 e. The highest BCUT2D eigenvalue weighted by molar-refractivity contribution is 7.17. The molecule has 4 heteroatoms. The molecule has 1 fully saturated rings. The second kappa shape index (κ2) is 4.72. The first-order valence-corrected chi connectivity index (χ1v) is 7.81. The van der Waals surface area contributed by atoms with Crippen LogP contribution in [-0.4, -0.2) is 14.5 Å². The van der Waals surface area contributed by atoms with Gasteiger partial charge >= 0.3 is 0 Å². The first kappa shape index (κ1) is 12.1. The molecule has 1 aliphatic carbocycles. The number of imidazole rings is 1. The second-order valence-corrected chi connectivity index (χ2v) is 6.50. The molecule has 0 bridgehead atoms. The van der Waals surface area contributed by atoms with Crippen molar-refractivity contribution in [3.05, 3.63) is 59.0 Å². The molecular weight excluding hydrogens is 268 g/mol. The molecule has 0 radical (unpaired) electrons. The van der Waals surface area contributed by atoms with Crippen molar-refractivity contribution in [1.82, 2.24) is 9.38 Å². The summed E-state index contributed by atoms with van der Waals surface area (Å²) < 4.78 is 2.06. The van der Waals surface area contributed by atoms with Gasteiger partial charge in [-0.3, -0.25) is 4.40 Å². The molecule has 102 valence electrons. The molecule has 1 aliphatic rings. The zero-order valence-electron chi connectivity index (χ0n) is 11.1. The summed E-state index contributed by atoms with van der Waals surface area (Å²) in [6.07, 6.45) is 6.40. The Morgan fingerprint density at radius 1 is 1.30 bits per heavy atom. The van der Waals surface area contributed by atoms with Crippen molar-refractivity contribution in [2.24, 2.45) is 0 Å². The van der Waals surface area contributed by atoms with Crippen molar-refractivity contribution in [2.75, 3.05) is 0 Å². The number of nitrogens with zero attached hydrogens (tertiary/aromatic N) is 2. The Morgan fingerprint density at radius 3 is 2.85 bits per heavy atom. The molecule has 0 aliphatic heterocycles. The van der Waals surface area contributed by atoms with Crippen LogP contribution >= 0.6 is 11.3 Å². The van der Waals surface area contributed by atoms with Gasteiger partial charge in [0.25, 0.3) is 0 Å². The van der Waals surface area contributed by atoms with Gasteiger partial charge in [-0.15, -0.1) is 11.3 Å². The van der Waals surface area contributed by atoms with E-state index in [2.05, 4.69) is 21.5 Å². The minimum atomic E-state index is -0.462. The molecule has 2 heterocycles. The monoisotopic (exact) mass is 284 g/mol. The number of hydrogen-bond donors (Lipinski definition) is 1. The number of hydrogen-bond acceptors (Lipinski definition) is 3. The van der Waals surface area contributed by atoms with Gasteiger partial charge in [-0.05, 0) is 24.3 Å². The third kappa shape index (κ3) is 2.05. The molecular formula is C16H16N2OS. The molecule has 4 rings (SSSR count). The first-order chi connectivity index (χ1) is 9.83. The normalized spacial score (nSPS) is 16.6. The molecule has 1 atom stereocenters. The Hall–Kier alpha value is -1.65. The van der Waals surface area contributed by atoms with Gasteiger partial charge in [0.05, 0.1) is 18.0 Å². The van der Waals surface area contributed by atoms with Crippen LogP contribution in [0.15, 0.2) is 42.9 Å². The lowest BCUT2D eigenvalue weighted by atomic mass is 10.0. The highest BCUT2D eigenvalue weighted by Crippen LogP contribution is 2.47. The lowest BCUT2D eigenvalue weighted by Gasteiger charge is -2.12. The van der Waals surface area contributed by atoms with E-state index in [9.17, 15) is 5.11 Å². The van der Waals surface area contributed by atoms with Crippen molar-refractivity contribution >= 4 is 16.2 Å². The van der Waals surface area contributed by atoms with E-state index in [-0.39, 0.29) is 0 Å². The maximum atomic E-state index is 10.7. The standard InChI is InChI=1S/C16H16N2OS/c19-13(8-11-4-2-1-3-5-11)15-16(12-6-7-12)20-14-9-17-10-18(14)15/h1-5,9-10,12-13,19H,6-8H2. The van der Waals surface area contributed by atoms with Gasteiger partial charge < -0.3 is 5.11 Å². The summed E-state index contributed by atoms with van der Waals surface area (Å²) in [6, 6.07) is 10.2. The predicted molar refractivity (Wildman–Crippen MR) is 80.1 cm³/mol. The molecule has 3 nitrogen and oxygen atoms in total. The number of thiazole rings is 1. The van der Waals surface area contributed by atoms with E-state index in [0.29, 0.717) is 12.3 Å². The van der Waals surface area contributed by atoms with Crippen LogP contribution in [0.1, 0.15) is 41.0 Å². The highest BCUT2D eigenvalue weighted by atomic mass is 32.1. The number of aliphatic hydroxyl groups is 1. The van der Waals surface area contributed by atoms with Crippen LogP contribution < -0.4 is 0 Å². The molecule has 0 saturated heterocycles. The fourth-order valence-electron chi connectivity index (χ4n) is 2.72. The van der Waals surface area contributed by atoms with Crippen LogP contribution in [0.2, 0.25) is 0 Å². The van der Waals surface area contributed by atoms with E-state index >= 15 is 0 Å². The van der Waals surface area contributed by atoms with Gasteiger partial charge in [0.1, 0.15) is 11.2 Å². The number of aromatic nitrogens is 2. The maximum absolute atomic E-state index is 10.7. The van der Waals surface area contributed by atoms with Crippen LogP contribution in [0.4, 0.5) is 0 Å². The summed E-state index contributed by atoms with van der Waals surface area (Å²) in [4.78, 5) is 6.68. The van der Waals surface area contributed by atoms with Crippen molar-refractivity contribution in [3.63, 3.8) is 0 Å². The largest absolute Gasteiger partial charge is 0.386 e. The quantitative estimate of drug-likeness (QED) is 0.795. The molecule has 20 heavy (non-hydrogen) atoms. The third-order valence-electron chi connectivity index (χ3n) is 3.87. The second-order valence-electron chi connectivity index (χ2n) is 5.43. The van der Waals surface area contributed by atoms with Crippen LogP contribution in [0.5, 0.6) is 0 Å². The van der Waals surface area contributed by atoms with Crippen LogP contribution in [0, 0.1) is 0 Å². The highest BCUT2D eigenvalue weighted by Gasteiger charge is 2.32. The van der Waals surface area contributed by atoms with Crippen molar-refractivity contribution < 1.29 is 5.11 Å². The summed E-state index contributed by atoms with van der Waals surface area (Å²) in [5, 5.41) is 10.7. The van der Waals surface area contributed by atoms with Gasteiger partial charge in [-0.25, -0.2) is 4.98 Å². The zero-order chi connectivity index (χ0) is 13.5. The van der Waals surface area contributed by atoms with E-state index < -0.39 is 6.10 Å². The van der Waals surface area contributed by atoms with E-state index in [1.807, 2.05) is 30.7 Å². The van der Waals surface area contributed by atoms with E-state index in [4.69, 9.17) is 0 Å². The Labute approximate surface area is 121 Å². The Bertz CT molecular complexity index is 727. The summed E-state index contributed by atoms with van der Waals surface area (Å²) in [5.74, 6) is 0.653. The lowest BCUT2D eigenvalue weighted by Crippen LogP contribution is -2.07. The molecule has 0 spiro atoms. The fraction of sp³-hybridized carbons (Fsp3) is 0.312. The molecule has 0 amide bonds. The predicted octanol–water partition coefficient (Wildman–Crippen LogP) is 3.55. The Kier molecular flexibility index (Phi) is 2.86. The zero-order valence-corrected chi connectivity index (χ0v) is 11.9. The smallest absolute Gasteiger partial charge is 0.120 e. The number of rotatable bonds is 4. The van der Waals surface area contributed by atoms with Crippen LogP contribution in [0.25, 0.3) is 4.83 Å². The third-order valence-corrected chi connectivity index (χ3v) is 5.14. The summed E-state index contributed by atoms with van der Waals surface area (Å²) in [5.41, 5.74) is 2.22. The van der Waals surface area contributed by atoms with Crippen LogP contribution in [0.3, 0.4) is 0 Å². The topological polar surface area (TPSA) is 37.5 Å². The maximum Gasteiger partial charge on any atom is 0.120 e. The van der Waals surface area contributed by atoms with Gasteiger partial charge in [-0.1, -0.05) is 30.3 Å². The molecule has 3 aromatic rings. The fourth-order valence-corrected chi connectivity index (χ4v) is 4.04. The average Bonchev–Trinajstić information content (AvgIpc) is 3.09. The Balaban J connectivity index is 1.72. The summed E-state index contributed by atoms with van der Waals surface area (Å²) >= 11 is 1.78. The molecule has 1 saturated carbocycles. The van der Waals surface area contributed by atoms with E-state index in [1.54, 1.807) is 11.3 Å². The number of fused-ring (bicyclic) bond motifs is 1. The van der Waals surface area contributed by atoms with Gasteiger partial charge in [0.2, 0.25) is 0 Å². The molecule has 1 N–H and O–H groups in total. The number of benzene rings is 1. The van der Waals surface area contributed by atoms with Gasteiger partial charge in [0.15, 0.2) is 0 Å². The molecule has 1 aromatic carbocycles. The number of aliphatic hydroxyl groups excluding tert-OH is 1. The van der Waals surface area contributed by atoms with E-state index in [0.717, 1.165) is 10.5 Å². The summed E-state index contributed by atoms with van der Waals surface area (Å²) in [7, 11) is 0. The van der Waals surface area contributed by atoms with Crippen molar-refractivity contribution in [1.29, 1.82) is 0 Å². The van der Waals surface area contributed by atoms with E-state index in [1.165, 1.54) is 23.3 Å². The van der Waals surface area contributed by atoms with Crippen molar-refractivity contribution in [3.8, 4) is 0 Å². The average molecular weight is 284 g/mol. The van der Waals surface area contributed by atoms with Gasteiger partial charge in [0, 0.05) is 11.3 Å². The SMILES string of the molecule is OC(Cc1ccccc1)c1c(C2CC2)sc2cncn12. The van der Waals surface area contributed by atoms with Crippen molar-refractivity contribution in [2.45, 2.75) is 31.3 Å². The molecule has 2 aromatic heterocycles. The Morgan fingerprint density at radius 2 is 2.10 bits per heavy atom. The summed E-state index contributed by atoms with van der Waals surface area (Å²) in [6.45, 7) is 0. The molecule has 1 unspecified atom stereocenters. The lowest BCUT2D eigenvalue weighted by molar-refractivity contribution is 0.172. The minimum absolute atomic E-state index is 0.462. The van der Waals surface area contributed by atoms with Crippen LogP contribution in [-0.2, 0) is 6.42 Å². The van der Waals surface area contributed by atoms with Gasteiger partial charge in [-0.2, -0.15) is 0 Å². The first-order valence-electron chi connectivity index (χ1n) is 6.99.